The number of esters is 1. The summed E-state index contributed by atoms with van der Waals surface area (Å²) in [6.07, 6.45) is 0. The minimum Gasteiger partial charge on any atom is -0.423 e. The number of halogens is 1. The minimum atomic E-state index is -3.62. The maximum Gasteiger partial charge on any atom is 0.343 e. The van der Waals surface area contributed by atoms with Crippen LogP contribution >= 0.6 is 15.9 Å². The number of alkyl halides is 1. The first-order valence-corrected chi connectivity index (χ1v) is 10.4. The summed E-state index contributed by atoms with van der Waals surface area (Å²) in [5.41, 5.74) is 1.42. The highest BCUT2D eigenvalue weighted by Gasteiger charge is 2.18. The van der Waals surface area contributed by atoms with Crippen LogP contribution in [0.1, 0.15) is 15.9 Å². The molecule has 0 aliphatic rings. The third kappa shape index (κ3) is 4.03. The molecule has 26 heavy (non-hydrogen) atoms. The van der Waals surface area contributed by atoms with Crippen molar-refractivity contribution in [3.63, 3.8) is 0 Å². The Morgan fingerprint density at radius 2 is 1.35 bits per heavy atom. The standard InChI is InChI=1S/C20H15BrO4S/c21-14-15-6-10-18(11-7-15)26(23,24)19-12-8-17(9-13-19)25-20(22)16-4-2-1-3-5-16/h1-13H,14H2. The fraction of sp³-hybridized carbons (Fsp3) is 0.0500. The summed E-state index contributed by atoms with van der Waals surface area (Å²) in [6, 6.07) is 21.1. The highest BCUT2D eigenvalue weighted by atomic mass is 79.9. The molecule has 0 spiro atoms. The molecule has 0 saturated heterocycles. The summed E-state index contributed by atoms with van der Waals surface area (Å²) >= 11 is 3.33. The maximum absolute atomic E-state index is 12.7. The van der Waals surface area contributed by atoms with Crippen molar-refractivity contribution in [2.75, 3.05) is 0 Å². The Balaban J connectivity index is 1.79. The Labute approximate surface area is 160 Å². The molecule has 3 aromatic rings. The van der Waals surface area contributed by atoms with Crippen LogP contribution in [0.2, 0.25) is 0 Å². The Bertz CT molecular complexity index is 996. The van der Waals surface area contributed by atoms with Crippen LogP contribution in [0.5, 0.6) is 5.75 Å². The van der Waals surface area contributed by atoms with E-state index in [-0.39, 0.29) is 15.5 Å². The second-order valence-electron chi connectivity index (χ2n) is 5.51. The van der Waals surface area contributed by atoms with Gasteiger partial charge in [0.25, 0.3) is 0 Å². The second-order valence-corrected chi connectivity index (χ2v) is 8.02. The van der Waals surface area contributed by atoms with Crippen molar-refractivity contribution in [1.29, 1.82) is 0 Å². The molecule has 6 heteroatoms. The summed E-state index contributed by atoms with van der Waals surface area (Å²) in [4.78, 5) is 12.4. The zero-order chi connectivity index (χ0) is 18.6. The van der Waals surface area contributed by atoms with E-state index < -0.39 is 15.8 Å². The van der Waals surface area contributed by atoms with Crippen LogP contribution in [-0.4, -0.2) is 14.4 Å². The van der Waals surface area contributed by atoms with Gasteiger partial charge in [-0.05, 0) is 54.1 Å². The first-order chi connectivity index (χ1) is 12.5. The molecule has 0 bridgehead atoms. The highest BCUT2D eigenvalue weighted by Crippen LogP contribution is 2.24. The van der Waals surface area contributed by atoms with Crippen LogP contribution in [-0.2, 0) is 15.2 Å². The van der Waals surface area contributed by atoms with E-state index in [0.717, 1.165) is 5.56 Å². The van der Waals surface area contributed by atoms with E-state index in [4.69, 9.17) is 4.74 Å². The van der Waals surface area contributed by atoms with Crippen molar-refractivity contribution in [2.24, 2.45) is 0 Å². The van der Waals surface area contributed by atoms with E-state index in [1.165, 1.54) is 24.3 Å². The zero-order valence-corrected chi connectivity index (χ0v) is 16.0. The maximum atomic E-state index is 12.7. The summed E-state index contributed by atoms with van der Waals surface area (Å²) < 4.78 is 30.6. The number of benzene rings is 3. The van der Waals surface area contributed by atoms with Crippen molar-refractivity contribution < 1.29 is 17.9 Å². The average molecular weight is 431 g/mol. The molecule has 0 saturated carbocycles. The molecule has 0 atom stereocenters. The van der Waals surface area contributed by atoms with Crippen LogP contribution in [0.3, 0.4) is 0 Å². The summed E-state index contributed by atoms with van der Waals surface area (Å²) in [6.45, 7) is 0. The average Bonchev–Trinajstić information content (AvgIpc) is 2.69. The number of sulfone groups is 1. The van der Waals surface area contributed by atoms with Gasteiger partial charge in [0.15, 0.2) is 0 Å². The zero-order valence-electron chi connectivity index (χ0n) is 13.6. The van der Waals surface area contributed by atoms with Crippen molar-refractivity contribution >= 4 is 31.7 Å². The highest BCUT2D eigenvalue weighted by molar-refractivity contribution is 9.08. The molecule has 0 unspecified atom stereocenters. The quantitative estimate of drug-likeness (QED) is 0.336. The monoisotopic (exact) mass is 430 g/mol. The number of hydrogen-bond donors (Lipinski definition) is 0. The van der Waals surface area contributed by atoms with Crippen molar-refractivity contribution in [2.45, 2.75) is 15.1 Å². The molecule has 0 aliphatic heterocycles. The Morgan fingerprint density at radius 1 is 0.808 bits per heavy atom. The van der Waals surface area contributed by atoms with Crippen molar-refractivity contribution in [1.82, 2.24) is 0 Å². The largest absolute Gasteiger partial charge is 0.423 e. The third-order valence-corrected chi connectivity index (χ3v) is 6.18. The van der Waals surface area contributed by atoms with E-state index in [9.17, 15) is 13.2 Å². The van der Waals surface area contributed by atoms with Crippen molar-refractivity contribution in [3.05, 3.63) is 90.0 Å². The second kappa shape index (κ2) is 7.85. The molecule has 0 aliphatic carbocycles. The van der Waals surface area contributed by atoms with E-state index in [1.54, 1.807) is 54.6 Å². The van der Waals surface area contributed by atoms with Gasteiger partial charge in [-0.3, -0.25) is 0 Å². The van der Waals surface area contributed by atoms with Gasteiger partial charge in [0.05, 0.1) is 15.4 Å². The van der Waals surface area contributed by atoms with Crippen LogP contribution in [0.25, 0.3) is 0 Å². The van der Waals surface area contributed by atoms with Gasteiger partial charge in [0, 0.05) is 5.33 Å². The molecule has 132 valence electrons. The predicted octanol–water partition coefficient (Wildman–Crippen LogP) is 4.63. The fourth-order valence-corrected chi connectivity index (χ4v) is 3.96. The van der Waals surface area contributed by atoms with Crippen LogP contribution in [0.4, 0.5) is 0 Å². The Hall–Kier alpha value is -2.44. The molecule has 4 nitrogen and oxygen atoms in total. The van der Waals surface area contributed by atoms with Crippen molar-refractivity contribution in [3.8, 4) is 5.75 Å². The fourth-order valence-electron chi connectivity index (χ4n) is 2.32. The molecule has 0 amide bonds. The normalized spacial score (nSPS) is 11.1. The lowest BCUT2D eigenvalue weighted by Gasteiger charge is -2.07. The van der Waals surface area contributed by atoms with Gasteiger partial charge in [0.2, 0.25) is 9.84 Å². The molecular formula is C20H15BrO4S. The molecule has 0 N–H and O–H groups in total. The molecule has 3 aromatic carbocycles. The summed E-state index contributed by atoms with van der Waals surface area (Å²) in [5.74, 6) is -0.209. The topological polar surface area (TPSA) is 60.4 Å². The predicted molar refractivity (Wildman–Crippen MR) is 102 cm³/mol. The smallest absolute Gasteiger partial charge is 0.343 e. The lowest BCUT2D eigenvalue weighted by atomic mass is 10.2. The molecular weight excluding hydrogens is 416 g/mol. The minimum absolute atomic E-state index is 0.142. The molecule has 0 radical (unpaired) electrons. The van der Waals surface area contributed by atoms with E-state index in [0.29, 0.717) is 10.9 Å². The van der Waals surface area contributed by atoms with Gasteiger partial charge in [-0.2, -0.15) is 0 Å². The number of carbonyl (C=O) groups is 1. The lowest BCUT2D eigenvalue weighted by molar-refractivity contribution is 0.0734. The van der Waals surface area contributed by atoms with Crippen LogP contribution < -0.4 is 4.74 Å². The van der Waals surface area contributed by atoms with Gasteiger partial charge >= 0.3 is 5.97 Å². The van der Waals surface area contributed by atoms with Gasteiger partial charge in [-0.25, -0.2) is 13.2 Å². The SMILES string of the molecule is O=C(Oc1ccc(S(=O)(=O)c2ccc(CBr)cc2)cc1)c1ccccc1. The number of carbonyl (C=O) groups excluding carboxylic acids is 1. The van der Waals surface area contributed by atoms with Gasteiger partial charge in [-0.15, -0.1) is 0 Å². The third-order valence-electron chi connectivity index (χ3n) is 3.74. The van der Waals surface area contributed by atoms with Crippen LogP contribution in [0.15, 0.2) is 88.7 Å². The lowest BCUT2D eigenvalue weighted by Crippen LogP contribution is -2.08. The summed E-state index contributed by atoms with van der Waals surface area (Å²) in [7, 11) is -3.62. The van der Waals surface area contributed by atoms with Gasteiger partial charge in [0.1, 0.15) is 5.75 Å². The van der Waals surface area contributed by atoms with Gasteiger partial charge < -0.3 is 4.74 Å². The summed E-state index contributed by atoms with van der Waals surface area (Å²) in [5, 5.41) is 0.662. The van der Waals surface area contributed by atoms with E-state index in [1.807, 2.05) is 0 Å². The first-order valence-electron chi connectivity index (χ1n) is 7.78. The molecule has 0 fully saturated rings. The van der Waals surface area contributed by atoms with E-state index >= 15 is 0 Å². The first kappa shape index (κ1) is 18.4. The molecule has 3 rings (SSSR count). The molecule has 0 heterocycles. The number of rotatable bonds is 5. The van der Waals surface area contributed by atoms with Gasteiger partial charge in [-0.1, -0.05) is 46.3 Å². The van der Waals surface area contributed by atoms with Crippen LogP contribution in [0, 0.1) is 0 Å². The molecule has 0 aromatic heterocycles. The Morgan fingerprint density at radius 3 is 1.88 bits per heavy atom. The number of ether oxygens (including phenoxy) is 1. The Kier molecular flexibility index (Phi) is 5.54. The number of hydrogen-bond acceptors (Lipinski definition) is 4. The van der Waals surface area contributed by atoms with E-state index in [2.05, 4.69) is 15.9 Å².